The molecule has 1 aromatic rings. The van der Waals surface area contributed by atoms with Crippen molar-refractivity contribution in [3.8, 4) is 0 Å². The third kappa shape index (κ3) is 1.97. The van der Waals surface area contributed by atoms with Gasteiger partial charge in [-0.15, -0.1) is 0 Å². The first-order valence-corrected chi connectivity index (χ1v) is 5.15. The minimum Gasteiger partial charge on any atom is -0.384 e. The number of hydrogen-bond acceptors (Lipinski definition) is 2. The number of nitrogens with two attached hydrogens (primary N) is 1. The van der Waals surface area contributed by atoms with Gasteiger partial charge in [0.15, 0.2) is 0 Å². The van der Waals surface area contributed by atoms with Crippen molar-refractivity contribution in [3.05, 3.63) is 35.4 Å². The lowest BCUT2D eigenvalue weighted by atomic mass is 10.0. The average Bonchev–Trinajstić information content (AvgIpc) is 2.93. The van der Waals surface area contributed by atoms with Crippen LogP contribution in [0.15, 0.2) is 24.3 Å². The molecule has 0 amide bonds. The minimum atomic E-state index is 0.388. The molecule has 0 heterocycles. The lowest BCUT2D eigenvalue weighted by molar-refractivity contribution is 0.202. The molecule has 14 heavy (non-hydrogen) atoms. The van der Waals surface area contributed by atoms with Crippen molar-refractivity contribution in [3.63, 3.8) is 0 Å². The summed E-state index contributed by atoms with van der Waals surface area (Å²) in [5.74, 6) is 0.600. The predicted octanol–water partition coefficient (Wildman–Crippen LogP) is 1.69. The van der Waals surface area contributed by atoms with Crippen molar-refractivity contribution in [1.29, 1.82) is 0 Å². The van der Waals surface area contributed by atoms with Gasteiger partial charge in [0, 0.05) is 19.1 Å². The highest BCUT2D eigenvalue weighted by molar-refractivity contribution is 5.35. The topological polar surface area (TPSA) is 35.2 Å². The van der Waals surface area contributed by atoms with Crippen molar-refractivity contribution in [2.24, 2.45) is 5.73 Å². The molecule has 1 aromatic carbocycles. The monoisotopic (exact) mass is 191 g/mol. The molecule has 2 rings (SSSR count). The van der Waals surface area contributed by atoms with Crippen molar-refractivity contribution in [1.82, 2.24) is 0 Å². The fourth-order valence-electron chi connectivity index (χ4n) is 1.91. The highest BCUT2D eigenvalue weighted by Crippen LogP contribution is 2.40. The Morgan fingerprint density at radius 3 is 2.79 bits per heavy atom. The van der Waals surface area contributed by atoms with Gasteiger partial charge < -0.3 is 10.5 Å². The van der Waals surface area contributed by atoms with E-state index >= 15 is 0 Å². The number of ether oxygens (including phenoxy) is 1. The average molecular weight is 191 g/mol. The molecular weight excluding hydrogens is 174 g/mol. The Labute approximate surface area is 85.1 Å². The van der Waals surface area contributed by atoms with Crippen LogP contribution in [0.1, 0.15) is 23.5 Å². The zero-order valence-corrected chi connectivity index (χ0v) is 8.57. The Hall–Kier alpha value is -0.860. The lowest BCUT2D eigenvalue weighted by Gasteiger charge is -2.07. The second-order valence-corrected chi connectivity index (χ2v) is 3.95. The molecule has 1 aliphatic rings. The molecular formula is C12H17NO. The molecule has 1 fully saturated rings. The summed E-state index contributed by atoms with van der Waals surface area (Å²) in [7, 11) is 1.74. The summed E-state index contributed by atoms with van der Waals surface area (Å²) in [6.07, 6.45) is 2.14. The molecule has 2 atom stereocenters. The summed E-state index contributed by atoms with van der Waals surface area (Å²) in [4.78, 5) is 0. The van der Waals surface area contributed by atoms with Crippen LogP contribution in [0.5, 0.6) is 0 Å². The first-order valence-electron chi connectivity index (χ1n) is 5.15. The van der Waals surface area contributed by atoms with E-state index in [4.69, 9.17) is 10.5 Å². The summed E-state index contributed by atoms with van der Waals surface area (Å²) in [5.41, 5.74) is 8.69. The van der Waals surface area contributed by atoms with Crippen LogP contribution in [0.2, 0.25) is 0 Å². The van der Waals surface area contributed by atoms with Gasteiger partial charge in [-0.2, -0.15) is 0 Å². The van der Waals surface area contributed by atoms with Gasteiger partial charge >= 0.3 is 0 Å². The SMILES string of the molecule is COCCc1ccccc1C1CC1N. The van der Waals surface area contributed by atoms with Crippen LogP contribution in [0, 0.1) is 0 Å². The Morgan fingerprint density at radius 2 is 2.14 bits per heavy atom. The molecule has 2 nitrogen and oxygen atoms in total. The summed E-state index contributed by atoms with van der Waals surface area (Å²) in [5, 5.41) is 0. The highest BCUT2D eigenvalue weighted by atomic mass is 16.5. The van der Waals surface area contributed by atoms with Gasteiger partial charge in [0.05, 0.1) is 6.61 Å². The number of methoxy groups -OCH3 is 1. The Morgan fingerprint density at radius 1 is 1.43 bits per heavy atom. The van der Waals surface area contributed by atoms with E-state index in [-0.39, 0.29) is 0 Å². The zero-order valence-electron chi connectivity index (χ0n) is 8.57. The molecule has 0 spiro atoms. The van der Waals surface area contributed by atoms with Crippen LogP contribution in [-0.4, -0.2) is 19.8 Å². The third-order valence-electron chi connectivity index (χ3n) is 2.87. The quantitative estimate of drug-likeness (QED) is 0.786. The number of rotatable bonds is 4. The van der Waals surface area contributed by atoms with Crippen molar-refractivity contribution in [2.75, 3.05) is 13.7 Å². The van der Waals surface area contributed by atoms with E-state index in [9.17, 15) is 0 Å². The first kappa shape index (κ1) is 9.69. The van der Waals surface area contributed by atoms with E-state index in [0.29, 0.717) is 12.0 Å². The molecule has 2 heteroatoms. The lowest BCUT2D eigenvalue weighted by Crippen LogP contribution is -2.04. The second-order valence-electron chi connectivity index (χ2n) is 3.95. The zero-order chi connectivity index (χ0) is 9.97. The highest BCUT2D eigenvalue weighted by Gasteiger charge is 2.35. The first-order chi connectivity index (χ1) is 6.83. The third-order valence-corrected chi connectivity index (χ3v) is 2.87. The number of hydrogen-bond donors (Lipinski definition) is 1. The van der Waals surface area contributed by atoms with Crippen LogP contribution < -0.4 is 5.73 Å². The normalized spacial score (nSPS) is 25.0. The molecule has 0 bridgehead atoms. The Kier molecular flexibility index (Phi) is 2.85. The van der Waals surface area contributed by atoms with Crippen LogP contribution in [0.3, 0.4) is 0 Å². The van der Waals surface area contributed by atoms with Gasteiger partial charge in [0.2, 0.25) is 0 Å². The van der Waals surface area contributed by atoms with E-state index in [1.54, 1.807) is 7.11 Å². The van der Waals surface area contributed by atoms with Crippen molar-refractivity contribution < 1.29 is 4.74 Å². The largest absolute Gasteiger partial charge is 0.384 e. The summed E-state index contributed by atoms with van der Waals surface area (Å²) in [6, 6.07) is 8.94. The summed E-state index contributed by atoms with van der Waals surface area (Å²) >= 11 is 0. The molecule has 0 radical (unpaired) electrons. The summed E-state index contributed by atoms with van der Waals surface area (Å²) in [6.45, 7) is 0.791. The maximum atomic E-state index is 5.86. The van der Waals surface area contributed by atoms with E-state index < -0.39 is 0 Å². The van der Waals surface area contributed by atoms with Gasteiger partial charge in [-0.25, -0.2) is 0 Å². The molecule has 0 aliphatic heterocycles. The molecule has 76 valence electrons. The van der Waals surface area contributed by atoms with Gasteiger partial charge in [-0.05, 0) is 24.0 Å². The maximum Gasteiger partial charge on any atom is 0.0502 e. The van der Waals surface area contributed by atoms with Crippen molar-refractivity contribution >= 4 is 0 Å². The Bertz CT molecular complexity index is 311. The van der Waals surface area contributed by atoms with Gasteiger partial charge in [-0.3, -0.25) is 0 Å². The van der Waals surface area contributed by atoms with E-state index in [1.807, 2.05) is 0 Å². The van der Waals surface area contributed by atoms with Crippen LogP contribution in [-0.2, 0) is 11.2 Å². The van der Waals surface area contributed by atoms with Crippen LogP contribution in [0.25, 0.3) is 0 Å². The van der Waals surface area contributed by atoms with E-state index in [1.165, 1.54) is 11.1 Å². The van der Waals surface area contributed by atoms with E-state index in [0.717, 1.165) is 19.4 Å². The smallest absolute Gasteiger partial charge is 0.0502 e. The minimum absolute atomic E-state index is 0.388. The predicted molar refractivity (Wildman–Crippen MR) is 57.4 cm³/mol. The molecule has 2 unspecified atom stereocenters. The fourth-order valence-corrected chi connectivity index (χ4v) is 1.91. The standard InChI is InChI=1S/C12H17NO/c1-14-7-6-9-4-2-3-5-10(9)11-8-12(11)13/h2-5,11-12H,6-8,13H2,1H3. The maximum absolute atomic E-state index is 5.86. The van der Waals surface area contributed by atoms with Gasteiger partial charge in [0.1, 0.15) is 0 Å². The molecule has 1 aliphatic carbocycles. The van der Waals surface area contributed by atoms with Gasteiger partial charge in [-0.1, -0.05) is 24.3 Å². The van der Waals surface area contributed by atoms with Gasteiger partial charge in [0.25, 0.3) is 0 Å². The van der Waals surface area contributed by atoms with Crippen LogP contribution >= 0.6 is 0 Å². The van der Waals surface area contributed by atoms with E-state index in [2.05, 4.69) is 24.3 Å². The molecule has 0 aromatic heterocycles. The fraction of sp³-hybridized carbons (Fsp3) is 0.500. The second kappa shape index (κ2) is 4.11. The molecule has 1 saturated carbocycles. The molecule has 2 N–H and O–H groups in total. The van der Waals surface area contributed by atoms with Crippen molar-refractivity contribution in [2.45, 2.75) is 24.8 Å². The van der Waals surface area contributed by atoms with Crippen LogP contribution in [0.4, 0.5) is 0 Å². The summed E-state index contributed by atoms with van der Waals surface area (Å²) < 4.78 is 5.10. The number of benzene rings is 1. The Balaban J connectivity index is 2.12. The molecule has 0 saturated heterocycles.